The number of hydrogen-bond donors (Lipinski definition) is 2. The lowest BCUT2D eigenvalue weighted by atomic mass is 9.63. The summed E-state index contributed by atoms with van der Waals surface area (Å²) in [7, 11) is 0. The lowest BCUT2D eigenvalue weighted by Gasteiger charge is -2.42. The van der Waals surface area contributed by atoms with Crippen LogP contribution in [-0.2, 0) is 4.79 Å². The Balaban J connectivity index is 2.15. The molecule has 2 N–H and O–H groups in total. The van der Waals surface area contributed by atoms with Crippen molar-refractivity contribution in [3.05, 3.63) is 0 Å². The van der Waals surface area contributed by atoms with Crippen LogP contribution in [0, 0.1) is 11.3 Å². The van der Waals surface area contributed by atoms with E-state index in [0.717, 1.165) is 32.1 Å². The quantitative estimate of drug-likeness (QED) is 0.737. The molecule has 0 aromatic carbocycles. The van der Waals surface area contributed by atoms with Crippen LogP contribution in [0.1, 0.15) is 51.4 Å². The average Bonchev–Trinajstić information content (AvgIpc) is 2.67. The first-order chi connectivity index (χ1) is 7.16. The van der Waals surface area contributed by atoms with Crippen LogP contribution in [0.5, 0.6) is 0 Å². The molecule has 0 aromatic rings. The molecule has 3 heteroatoms. The summed E-state index contributed by atoms with van der Waals surface area (Å²) < 4.78 is 0. The summed E-state index contributed by atoms with van der Waals surface area (Å²) in [5, 5.41) is 18.7. The summed E-state index contributed by atoms with van der Waals surface area (Å²) in [5.74, 6) is -1.03. The van der Waals surface area contributed by atoms with E-state index in [1.165, 1.54) is 19.3 Å². The molecule has 86 valence electrons. The smallest absolute Gasteiger partial charge is 0.332 e. The predicted octanol–water partition coefficient (Wildman–Crippen LogP) is 2.18. The SMILES string of the molecule is O=C(O)C(O)C1CCCCC12CCCC2. The van der Waals surface area contributed by atoms with E-state index in [4.69, 9.17) is 5.11 Å². The highest BCUT2D eigenvalue weighted by molar-refractivity contribution is 5.72. The van der Waals surface area contributed by atoms with Crippen LogP contribution in [0.25, 0.3) is 0 Å². The molecule has 2 atom stereocenters. The Bertz CT molecular complexity index is 243. The lowest BCUT2D eigenvalue weighted by Crippen LogP contribution is -2.42. The van der Waals surface area contributed by atoms with Gasteiger partial charge in [-0.1, -0.05) is 25.7 Å². The van der Waals surface area contributed by atoms with Crippen molar-refractivity contribution < 1.29 is 15.0 Å². The van der Waals surface area contributed by atoms with E-state index in [1.54, 1.807) is 0 Å². The van der Waals surface area contributed by atoms with E-state index >= 15 is 0 Å². The van der Waals surface area contributed by atoms with Crippen molar-refractivity contribution in [1.82, 2.24) is 0 Å². The first-order valence-electron chi connectivity index (χ1n) is 6.07. The molecule has 0 aliphatic heterocycles. The van der Waals surface area contributed by atoms with Crippen LogP contribution in [0.15, 0.2) is 0 Å². The number of aliphatic hydroxyl groups excluding tert-OH is 1. The molecule has 2 rings (SSSR count). The number of aliphatic carboxylic acids is 1. The number of carboxylic acid groups (broad SMARTS) is 1. The van der Waals surface area contributed by atoms with Gasteiger partial charge < -0.3 is 10.2 Å². The molecule has 2 saturated carbocycles. The van der Waals surface area contributed by atoms with Gasteiger partial charge in [0.25, 0.3) is 0 Å². The van der Waals surface area contributed by atoms with E-state index in [-0.39, 0.29) is 11.3 Å². The fourth-order valence-electron chi connectivity index (χ4n) is 3.70. The van der Waals surface area contributed by atoms with Gasteiger partial charge in [-0.2, -0.15) is 0 Å². The van der Waals surface area contributed by atoms with Gasteiger partial charge in [0.15, 0.2) is 6.10 Å². The number of carbonyl (C=O) groups is 1. The minimum atomic E-state index is -1.14. The molecule has 0 heterocycles. The van der Waals surface area contributed by atoms with Gasteiger partial charge in [-0.15, -0.1) is 0 Å². The Labute approximate surface area is 90.5 Å². The van der Waals surface area contributed by atoms with Gasteiger partial charge in [0.05, 0.1) is 0 Å². The summed E-state index contributed by atoms with van der Waals surface area (Å²) in [6.07, 6.45) is 7.86. The van der Waals surface area contributed by atoms with Crippen LogP contribution in [0.2, 0.25) is 0 Å². The van der Waals surface area contributed by atoms with Crippen molar-refractivity contribution in [3.8, 4) is 0 Å². The molecule has 1 spiro atoms. The summed E-state index contributed by atoms with van der Waals surface area (Å²) in [5.41, 5.74) is 0.163. The molecule has 2 aliphatic carbocycles. The molecule has 0 amide bonds. The maximum Gasteiger partial charge on any atom is 0.332 e. The average molecular weight is 212 g/mol. The van der Waals surface area contributed by atoms with Crippen molar-refractivity contribution in [2.24, 2.45) is 11.3 Å². The second-order valence-electron chi connectivity index (χ2n) is 5.20. The molecule has 15 heavy (non-hydrogen) atoms. The summed E-state index contributed by atoms with van der Waals surface area (Å²) >= 11 is 0. The second-order valence-corrected chi connectivity index (χ2v) is 5.20. The van der Waals surface area contributed by atoms with Gasteiger partial charge in [0.2, 0.25) is 0 Å². The molecule has 2 fully saturated rings. The van der Waals surface area contributed by atoms with E-state index in [0.29, 0.717) is 0 Å². The molecule has 0 aromatic heterocycles. The zero-order valence-electron chi connectivity index (χ0n) is 9.11. The maximum absolute atomic E-state index is 10.9. The molecule has 2 aliphatic rings. The van der Waals surface area contributed by atoms with E-state index in [1.807, 2.05) is 0 Å². The van der Waals surface area contributed by atoms with Gasteiger partial charge >= 0.3 is 5.97 Å². The highest BCUT2D eigenvalue weighted by Crippen LogP contribution is 2.53. The van der Waals surface area contributed by atoms with Crippen LogP contribution in [0.3, 0.4) is 0 Å². The van der Waals surface area contributed by atoms with Crippen molar-refractivity contribution >= 4 is 5.97 Å². The van der Waals surface area contributed by atoms with Crippen molar-refractivity contribution in [3.63, 3.8) is 0 Å². The standard InChI is InChI=1S/C12H20O3/c13-10(11(14)15)9-5-1-2-6-12(9)7-3-4-8-12/h9-10,13H,1-8H2,(H,14,15). The predicted molar refractivity (Wildman–Crippen MR) is 56.5 cm³/mol. The van der Waals surface area contributed by atoms with Gasteiger partial charge in [0.1, 0.15) is 0 Å². The summed E-state index contributed by atoms with van der Waals surface area (Å²) in [4.78, 5) is 10.9. The van der Waals surface area contributed by atoms with Gasteiger partial charge in [-0.05, 0) is 31.1 Å². The third-order valence-electron chi connectivity index (χ3n) is 4.46. The third kappa shape index (κ3) is 1.89. The van der Waals surface area contributed by atoms with Crippen LogP contribution < -0.4 is 0 Å². The van der Waals surface area contributed by atoms with Gasteiger partial charge in [-0.3, -0.25) is 0 Å². The second kappa shape index (κ2) is 4.12. The zero-order valence-corrected chi connectivity index (χ0v) is 9.11. The zero-order chi connectivity index (χ0) is 10.9. The normalized spacial score (nSPS) is 31.7. The van der Waals surface area contributed by atoms with E-state index in [9.17, 15) is 9.90 Å². The van der Waals surface area contributed by atoms with E-state index in [2.05, 4.69) is 0 Å². The largest absolute Gasteiger partial charge is 0.479 e. The molecule has 0 radical (unpaired) electrons. The third-order valence-corrected chi connectivity index (χ3v) is 4.46. The van der Waals surface area contributed by atoms with Crippen molar-refractivity contribution in [1.29, 1.82) is 0 Å². The molecular formula is C12H20O3. The van der Waals surface area contributed by atoms with Crippen molar-refractivity contribution in [2.75, 3.05) is 0 Å². The number of hydrogen-bond acceptors (Lipinski definition) is 2. The van der Waals surface area contributed by atoms with E-state index < -0.39 is 12.1 Å². The Morgan fingerprint density at radius 3 is 2.20 bits per heavy atom. The molecule has 0 saturated heterocycles. The summed E-state index contributed by atoms with van der Waals surface area (Å²) in [6, 6.07) is 0. The number of rotatable bonds is 2. The Kier molecular flexibility index (Phi) is 3.01. The van der Waals surface area contributed by atoms with Gasteiger partial charge in [-0.25, -0.2) is 4.79 Å². The Morgan fingerprint density at radius 1 is 1.13 bits per heavy atom. The topological polar surface area (TPSA) is 57.5 Å². The lowest BCUT2D eigenvalue weighted by molar-refractivity contribution is -0.154. The minimum absolute atomic E-state index is 0.00579. The Hall–Kier alpha value is -0.570. The first kappa shape index (κ1) is 10.9. The Morgan fingerprint density at radius 2 is 1.67 bits per heavy atom. The number of aliphatic hydroxyl groups is 1. The fourth-order valence-corrected chi connectivity index (χ4v) is 3.70. The van der Waals surface area contributed by atoms with Crippen LogP contribution in [-0.4, -0.2) is 22.3 Å². The monoisotopic (exact) mass is 212 g/mol. The van der Waals surface area contributed by atoms with Gasteiger partial charge in [0, 0.05) is 5.92 Å². The maximum atomic E-state index is 10.9. The first-order valence-corrected chi connectivity index (χ1v) is 6.07. The highest BCUT2D eigenvalue weighted by atomic mass is 16.4. The van der Waals surface area contributed by atoms with Crippen LogP contribution >= 0.6 is 0 Å². The fraction of sp³-hybridized carbons (Fsp3) is 0.917. The molecular weight excluding hydrogens is 192 g/mol. The number of carboxylic acids is 1. The molecule has 2 unspecified atom stereocenters. The summed E-state index contributed by atoms with van der Waals surface area (Å²) in [6.45, 7) is 0. The van der Waals surface area contributed by atoms with Crippen LogP contribution in [0.4, 0.5) is 0 Å². The highest BCUT2D eigenvalue weighted by Gasteiger charge is 2.47. The molecule has 0 bridgehead atoms. The molecule has 3 nitrogen and oxygen atoms in total. The minimum Gasteiger partial charge on any atom is -0.479 e. The van der Waals surface area contributed by atoms with Crippen molar-refractivity contribution in [2.45, 2.75) is 57.5 Å².